The molecule has 11 heavy (non-hydrogen) atoms. The second kappa shape index (κ2) is 3.24. The molecular weight excluding hydrogens is 134 g/mol. The Hall–Kier alpha value is -1.24. The van der Waals surface area contributed by atoms with E-state index in [1.165, 1.54) is 0 Å². The number of rotatable bonds is 1. The summed E-state index contributed by atoms with van der Waals surface area (Å²) in [4.78, 5) is 0. The van der Waals surface area contributed by atoms with Crippen LogP contribution in [0.3, 0.4) is 0 Å². The average molecular weight is 147 g/mol. The van der Waals surface area contributed by atoms with Crippen LogP contribution in [0.15, 0.2) is 48.2 Å². The SMILES string of the molecule is C=C/C(C)=C1/NCC=CC1=C. The van der Waals surface area contributed by atoms with Gasteiger partial charge in [-0.1, -0.05) is 31.4 Å². The molecule has 0 aromatic heterocycles. The summed E-state index contributed by atoms with van der Waals surface area (Å²) in [6.07, 6.45) is 5.92. The zero-order valence-corrected chi connectivity index (χ0v) is 6.85. The summed E-state index contributed by atoms with van der Waals surface area (Å²) in [5.74, 6) is 0. The Kier molecular flexibility index (Phi) is 2.32. The van der Waals surface area contributed by atoms with E-state index in [1.54, 1.807) is 0 Å². The fraction of sp³-hybridized carbons (Fsp3) is 0.200. The summed E-state index contributed by atoms with van der Waals surface area (Å²) < 4.78 is 0. The minimum absolute atomic E-state index is 0.888. The first-order valence-electron chi connectivity index (χ1n) is 3.68. The van der Waals surface area contributed by atoms with Gasteiger partial charge in [0, 0.05) is 12.2 Å². The molecule has 0 bridgehead atoms. The molecule has 0 fully saturated rings. The van der Waals surface area contributed by atoms with Gasteiger partial charge in [0.05, 0.1) is 0 Å². The smallest absolute Gasteiger partial charge is 0.0439 e. The van der Waals surface area contributed by atoms with E-state index in [2.05, 4.69) is 24.6 Å². The molecule has 0 spiro atoms. The Morgan fingerprint density at radius 2 is 2.45 bits per heavy atom. The van der Waals surface area contributed by atoms with Gasteiger partial charge in [0.25, 0.3) is 0 Å². The fourth-order valence-electron chi connectivity index (χ4n) is 1.05. The Morgan fingerprint density at radius 3 is 3.00 bits per heavy atom. The Bertz CT molecular complexity index is 244. The van der Waals surface area contributed by atoms with Crippen molar-refractivity contribution in [1.82, 2.24) is 5.32 Å². The predicted octanol–water partition coefficient (Wildman–Crippen LogP) is 2.16. The van der Waals surface area contributed by atoms with Crippen molar-refractivity contribution in [2.45, 2.75) is 6.92 Å². The summed E-state index contributed by atoms with van der Waals surface area (Å²) in [6.45, 7) is 10.5. The van der Waals surface area contributed by atoms with Crippen molar-refractivity contribution in [2.75, 3.05) is 6.54 Å². The van der Waals surface area contributed by atoms with E-state index in [1.807, 2.05) is 19.1 Å². The van der Waals surface area contributed by atoms with E-state index in [9.17, 15) is 0 Å². The minimum atomic E-state index is 0.888. The first-order valence-corrected chi connectivity index (χ1v) is 3.68. The maximum absolute atomic E-state index is 3.91. The molecule has 0 saturated heterocycles. The van der Waals surface area contributed by atoms with Crippen molar-refractivity contribution in [1.29, 1.82) is 0 Å². The van der Waals surface area contributed by atoms with Crippen LogP contribution in [0.4, 0.5) is 0 Å². The lowest BCUT2D eigenvalue weighted by atomic mass is 10.1. The van der Waals surface area contributed by atoms with Crippen LogP contribution in [0, 0.1) is 0 Å². The first-order chi connectivity index (χ1) is 5.25. The van der Waals surface area contributed by atoms with Crippen LogP contribution in [-0.4, -0.2) is 6.54 Å². The molecule has 0 atom stereocenters. The quantitative estimate of drug-likeness (QED) is 0.599. The van der Waals surface area contributed by atoms with Crippen LogP contribution in [0.25, 0.3) is 0 Å². The van der Waals surface area contributed by atoms with Crippen LogP contribution in [0.2, 0.25) is 0 Å². The zero-order valence-electron chi connectivity index (χ0n) is 6.85. The molecule has 1 aliphatic rings. The molecule has 1 rings (SSSR count). The standard InChI is InChI=1S/C10H13N/c1-4-8(2)10-9(3)6-5-7-11-10/h4-6,11H,1,3,7H2,2H3/b10-8+. The summed E-state index contributed by atoms with van der Waals surface area (Å²) in [5.41, 5.74) is 3.30. The highest BCUT2D eigenvalue weighted by molar-refractivity contribution is 5.44. The van der Waals surface area contributed by atoms with Gasteiger partial charge in [-0.3, -0.25) is 0 Å². The lowest BCUT2D eigenvalue weighted by Gasteiger charge is -2.15. The molecule has 1 heterocycles. The van der Waals surface area contributed by atoms with Crippen molar-refractivity contribution >= 4 is 0 Å². The second-order valence-electron chi connectivity index (χ2n) is 2.57. The van der Waals surface area contributed by atoms with E-state index in [0.717, 1.165) is 23.4 Å². The molecule has 0 amide bonds. The van der Waals surface area contributed by atoms with Gasteiger partial charge in [-0.15, -0.1) is 0 Å². The molecule has 1 heteroatoms. The van der Waals surface area contributed by atoms with E-state index < -0.39 is 0 Å². The molecule has 1 aliphatic heterocycles. The fourth-order valence-corrected chi connectivity index (χ4v) is 1.05. The van der Waals surface area contributed by atoms with Gasteiger partial charge in [0.2, 0.25) is 0 Å². The van der Waals surface area contributed by atoms with E-state index in [0.29, 0.717) is 0 Å². The molecule has 0 unspecified atom stereocenters. The first kappa shape index (κ1) is 7.86. The number of nitrogens with one attached hydrogen (secondary N) is 1. The van der Waals surface area contributed by atoms with Gasteiger partial charge in [0.1, 0.15) is 0 Å². The van der Waals surface area contributed by atoms with E-state index in [-0.39, 0.29) is 0 Å². The van der Waals surface area contributed by atoms with Gasteiger partial charge in [-0.2, -0.15) is 0 Å². The Balaban J connectivity index is 2.97. The van der Waals surface area contributed by atoms with Crippen molar-refractivity contribution in [3.8, 4) is 0 Å². The van der Waals surface area contributed by atoms with Gasteiger partial charge in [-0.05, 0) is 18.1 Å². The van der Waals surface area contributed by atoms with Crippen LogP contribution in [-0.2, 0) is 0 Å². The van der Waals surface area contributed by atoms with E-state index in [4.69, 9.17) is 0 Å². The van der Waals surface area contributed by atoms with Gasteiger partial charge in [0.15, 0.2) is 0 Å². The summed E-state index contributed by atoms with van der Waals surface area (Å²) >= 11 is 0. The largest absolute Gasteiger partial charge is 0.381 e. The highest BCUT2D eigenvalue weighted by Gasteiger charge is 2.04. The molecule has 0 radical (unpaired) electrons. The molecule has 0 saturated carbocycles. The van der Waals surface area contributed by atoms with Gasteiger partial charge in [-0.25, -0.2) is 0 Å². The summed E-state index contributed by atoms with van der Waals surface area (Å²) in [6, 6.07) is 0. The van der Waals surface area contributed by atoms with Crippen LogP contribution in [0.1, 0.15) is 6.92 Å². The molecule has 0 aromatic carbocycles. The molecular formula is C10H13N. The highest BCUT2D eigenvalue weighted by Crippen LogP contribution is 2.14. The van der Waals surface area contributed by atoms with Gasteiger partial charge >= 0.3 is 0 Å². The number of hydrogen-bond donors (Lipinski definition) is 1. The average Bonchev–Trinajstić information content (AvgIpc) is 2.04. The minimum Gasteiger partial charge on any atom is -0.381 e. The van der Waals surface area contributed by atoms with Crippen LogP contribution in [0.5, 0.6) is 0 Å². The maximum atomic E-state index is 3.91. The molecule has 0 aromatic rings. The van der Waals surface area contributed by atoms with Crippen LogP contribution < -0.4 is 5.32 Å². The van der Waals surface area contributed by atoms with Crippen molar-refractivity contribution < 1.29 is 0 Å². The molecule has 1 N–H and O–H groups in total. The zero-order chi connectivity index (χ0) is 8.27. The lowest BCUT2D eigenvalue weighted by Crippen LogP contribution is -2.18. The third-order valence-electron chi connectivity index (χ3n) is 1.74. The number of hydrogen-bond acceptors (Lipinski definition) is 1. The van der Waals surface area contributed by atoms with Crippen molar-refractivity contribution in [3.05, 3.63) is 48.2 Å². The topological polar surface area (TPSA) is 12.0 Å². The molecule has 58 valence electrons. The monoisotopic (exact) mass is 147 g/mol. The Labute approximate surface area is 67.8 Å². The molecule has 1 nitrogen and oxygen atoms in total. The lowest BCUT2D eigenvalue weighted by molar-refractivity contribution is 0.889. The third-order valence-corrected chi connectivity index (χ3v) is 1.74. The summed E-state index contributed by atoms with van der Waals surface area (Å²) in [7, 11) is 0. The summed E-state index contributed by atoms with van der Waals surface area (Å²) in [5, 5.41) is 3.24. The number of allylic oxidation sites excluding steroid dienone is 3. The normalized spacial score (nSPS) is 21.0. The van der Waals surface area contributed by atoms with Crippen molar-refractivity contribution in [2.24, 2.45) is 0 Å². The molecule has 0 aliphatic carbocycles. The van der Waals surface area contributed by atoms with Crippen molar-refractivity contribution in [3.63, 3.8) is 0 Å². The maximum Gasteiger partial charge on any atom is 0.0439 e. The highest BCUT2D eigenvalue weighted by atomic mass is 14.9. The Morgan fingerprint density at radius 1 is 1.73 bits per heavy atom. The van der Waals surface area contributed by atoms with Crippen LogP contribution >= 0.6 is 0 Å². The van der Waals surface area contributed by atoms with Gasteiger partial charge < -0.3 is 5.32 Å². The second-order valence-corrected chi connectivity index (χ2v) is 2.57. The third kappa shape index (κ3) is 1.61. The predicted molar refractivity (Wildman–Crippen MR) is 49.2 cm³/mol. The van der Waals surface area contributed by atoms with E-state index >= 15 is 0 Å².